The molecule has 0 N–H and O–H groups in total. The fourth-order valence-corrected chi connectivity index (χ4v) is 3.84. The number of nitrogens with zero attached hydrogens (tertiary/aromatic N) is 1. The van der Waals surface area contributed by atoms with E-state index in [4.69, 9.17) is 9.47 Å². The monoisotopic (exact) mass is 335 g/mol. The molecule has 0 radical (unpaired) electrons. The molecule has 1 aromatic carbocycles. The van der Waals surface area contributed by atoms with Crippen LogP contribution in [0.4, 0.5) is 4.39 Å². The Morgan fingerprint density at radius 1 is 1.42 bits per heavy atom. The number of halogens is 1. The van der Waals surface area contributed by atoms with Gasteiger partial charge < -0.3 is 9.47 Å². The van der Waals surface area contributed by atoms with Gasteiger partial charge in [-0.15, -0.1) is 0 Å². The van der Waals surface area contributed by atoms with E-state index >= 15 is 0 Å². The molecule has 0 bridgehead atoms. The van der Waals surface area contributed by atoms with Crippen molar-refractivity contribution in [3.8, 4) is 0 Å². The van der Waals surface area contributed by atoms with E-state index in [1.54, 1.807) is 6.07 Å². The molecule has 1 saturated heterocycles. The van der Waals surface area contributed by atoms with Crippen molar-refractivity contribution >= 4 is 5.97 Å². The van der Waals surface area contributed by atoms with Crippen LogP contribution >= 0.6 is 0 Å². The first kappa shape index (κ1) is 17.4. The van der Waals surface area contributed by atoms with Gasteiger partial charge in [-0.1, -0.05) is 6.92 Å². The van der Waals surface area contributed by atoms with Crippen molar-refractivity contribution in [2.75, 3.05) is 20.3 Å². The zero-order valence-electron chi connectivity index (χ0n) is 14.5. The van der Waals surface area contributed by atoms with Crippen LogP contribution in [0, 0.1) is 5.82 Å². The number of benzene rings is 1. The normalized spacial score (nSPS) is 24.5. The molecule has 0 aliphatic carbocycles. The highest BCUT2D eigenvalue weighted by atomic mass is 19.1. The SMILES string of the molecule is CCC1Cc2c(F)cc(C(=O)OC)cc2CN1CC1CCCCO1. The Labute approximate surface area is 142 Å². The number of carbonyl (C=O) groups is 1. The van der Waals surface area contributed by atoms with Gasteiger partial charge in [0.25, 0.3) is 0 Å². The molecule has 2 atom stereocenters. The van der Waals surface area contributed by atoms with Crippen molar-refractivity contribution in [2.24, 2.45) is 0 Å². The Bertz CT molecular complexity index is 599. The quantitative estimate of drug-likeness (QED) is 0.791. The predicted octanol–water partition coefficient (Wildman–Crippen LogP) is 3.32. The maximum absolute atomic E-state index is 14.5. The zero-order valence-corrected chi connectivity index (χ0v) is 14.5. The topological polar surface area (TPSA) is 38.8 Å². The van der Waals surface area contributed by atoms with Crippen LogP contribution in [-0.4, -0.2) is 43.3 Å². The van der Waals surface area contributed by atoms with Gasteiger partial charge in [0.2, 0.25) is 0 Å². The molecule has 24 heavy (non-hydrogen) atoms. The summed E-state index contributed by atoms with van der Waals surface area (Å²) in [5, 5.41) is 0. The van der Waals surface area contributed by atoms with Crippen LogP contribution in [0.1, 0.15) is 54.1 Å². The van der Waals surface area contributed by atoms with Crippen molar-refractivity contribution in [1.82, 2.24) is 4.90 Å². The lowest BCUT2D eigenvalue weighted by Gasteiger charge is -2.39. The van der Waals surface area contributed by atoms with Gasteiger partial charge in [-0.05, 0) is 55.4 Å². The first-order valence-corrected chi connectivity index (χ1v) is 8.87. The largest absolute Gasteiger partial charge is 0.465 e. The minimum Gasteiger partial charge on any atom is -0.465 e. The summed E-state index contributed by atoms with van der Waals surface area (Å²) in [5.74, 6) is -0.781. The summed E-state index contributed by atoms with van der Waals surface area (Å²) in [6, 6.07) is 3.41. The Morgan fingerprint density at radius 3 is 2.92 bits per heavy atom. The molecule has 1 fully saturated rings. The molecule has 5 heteroatoms. The van der Waals surface area contributed by atoms with Crippen molar-refractivity contribution in [3.05, 3.63) is 34.6 Å². The third-order valence-corrected chi connectivity index (χ3v) is 5.22. The summed E-state index contributed by atoms with van der Waals surface area (Å²) >= 11 is 0. The second-order valence-corrected chi connectivity index (χ2v) is 6.77. The Balaban J connectivity index is 1.82. The number of fused-ring (bicyclic) bond motifs is 1. The summed E-state index contributed by atoms with van der Waals surface area (Å²) in [4.78, 5) is 14.1. The van der Waals surface area contributed by atoms with E-state index in [-0.39, 0.29) is 17.5 Å². The fourth-order valence-electron chi connectivity index (χ4n) is 3.84. The third-order valence-electron chi connectivity index (χ3n) is 5.22. The maximum Gasteiger partial charge on any atom is 0.337 e. The number of esters is 1. The predicted molar refractivity (Wildman–Crippen MR) is 89.5 cm³/mol. The average Bonchev–Trinajstić information content (AvgIpc) is 2.61. The lowest BCUT2D eigenvalue weighted by molar-refractivity contribution is -0.0182. The Kier molecular flexibility index (Phi) is 5.51. The van der Waals surface area contributed by atoms with E-state index in [2.05, 4.69) is 11.8 Å². The molecule has 1 aromatic rings. The number of rotatable bonds is 4. The molecule has 2 heterocycles. The van der Waals surface area contributed by atoms with Gasteiger partial charge >= 0.3 is 5.97 Å². The molecule has 0 aromatic heterocycles. The summed E-state index contributed by atoms with van der Waals surface area (Å²) < 4.78 is 25.1. The first-order chi connectivity index (χ1) is 11.6. The zero-order chi connectivity index (χ0) is 17.1. The van der Waals surface area contributed by atoms with Crippen LogP contribution in [0.15, 0.2) is 12.1 Å². The molecular weight excluding hydrogens is 309 g/mol. The minimum absolute atomic E-state index is 0.267. The third kappa shape index (κ3) is 3.62. The average molecular weight is 335 g/mol. The van der Waals surface area contributed by atoms with E-state index in [9.17, 15) is 9.18 Å². The van der Waals surface area contributed by atoms with Crippen molar-refractivity contribution in [1.29, 1.82) is 0 Å². The van der Waals surface area contributed by atoms with E-state index in [1.807, 2.05) is 0 Å². The maximum atomic E-state index is 14.5. The summed E-state index contributed by atoms with van der Waals surface area (Å²) in [7, 11) is 1.32. The summed E-state index contributed by atoms with van der Waals surface area (Å²) in [6.45, 7) is 4.52. The Hall–Kier alpha value is -1.46. The van der Waals surface area contributed by atoms with Gasteiger partial charge in [-0.2, -0.15) is 0 Å². The highest BCUT2D eigenvalue weighted by Crippen LogP contribution is 2.29. The van der Waals surface area contributed by atoms with E-state index in [1.165, 1.54) is 19.6 Å². The minimum atomic E-state index is -0.489. The smallest absolute Gasteiger partial charge is 0.337 e. The second kappa shape index (κ2) is 7.62. The van der Waals surface area contributed by atoms with Crippen LogP contribution in [0.25, 0.3) is 0 Å². The number of hydrogen-bond acceptors (Lipinski definition) is 4. The standard InChI is InChI=1S/C19H26FNO3/c1-3-15-10-17-14(8-13(9-18(17)20)19(22)23-2)11-21(15)12-16-6-4-5-7-24-16/h8-9,15-16H,3-7,10-12H2,1-2H3. The molecular formula is C19H26FNO3. The Morgan fingerprint density at radius 2 is 2.25 bits per heavy atom. The number of hydrogen-bond donors (Lipinski definition) is 0. The lowest BCUT2D eigenvalue weighted by atomic mass is 9.90. The molecule has 0 saturated carbocycles. The van der Waals surface area contributed by atoms with Crippen molar-refractivity contribution in [3.63, 3.8) is 0 Å². The molecule has 132 valence electrons. The van der Waals surface area contributed by atoms with Crippen LogP contribution in [0.2, 0.25) is 0 Å². The first-order valence-electron chi connectivity index (χ1n) is 8.87. The van der Waals surface area contributed by atoms with Gasteiger partial charge in [-0.3, -0.25) is 4.90 Å². The summed E-state index contributed by atoms with van der Waals surface area (Å²) in [5.41, 5.74) is 1.93. The molecule has 0 amide bonds. The van der Waals surface area contributed by atoms with Gasteiger partial charge in [0.15, 0.2) is 0 Å². The van der Waals surface area contributed by atoms with Gasteiger partial charge in [0.05, 0.1) is 18.8 Å². The highest BCUT2D eigenvalue weighted by Gasteiger charge is 2.30. The molecule has 0 spiro atoms. The second-order valence-electron chi connectivity index (χ2n) is 6.77. The molecule has 2 aliphatic heterocycles. The number of methoxy groups -OCH3 is 1. The molecule has 2 aliphatic rings. The van der Waals surface area contributed by atoms with E-state index < -0.39 is 5.97 Å². The van der Waals surface area contributed by atoms with Crippen molar-refractivity contribution in [2.45, 2.75) is 57.7 Å². The lowest BCUT2D eigenvalue weighted by Crippen LogP contribution is -2.45. The van der Waals surface area contributed by atoms with Crippen LogP contribution in [0.3, 0.4) is 0 Å². The van der Waals surface area contributed by atoms with E-state index in [0.717, 1.165) is 43.5 Å². The van der Waals surface area contributed by atoms with Crippen LogP contribution in [-0.2, 0) is 22.4 Å². The van der Waals surface area contributed by atoms with Gasteiger partial charge in [0.1, 0.15) is 5.82 Å². The highest BCUT2D eigenvalue weighted by molar-refractivity contribution is 5.89. The summed E-state index contributed by atoms with van der Waals surface area (Å²) in [6.07, 6.45) is 5.38. The molecule has 4 nitrogen and oxygen atoms in total. The van der Waals surface area contributed by atoms with E-state index in [0.29, 0.717) is 19.0 Å². The van der Waals surface area contributed by atoms with Gasteiger partial charge in [0, 0.05) is 25.7 Å². The number of ether oxygens (including phenoxy) is 2. The van der Waals surface area contributed by atoms with Gasteiger partial charge in [-0.25, -0.2) is 9.18 Å². The van der Waals surface area contributed by atoms with Crippen LogP contribution < -0.4 is 0 Å². The molecule has 3 rings (SSSR count). The van der Waals surface area contributed by atoms with Crippen LogP contribution in [0.5, 0.6) is 0 Å². The fraction of sp³-hybridized carbons (Fsp3) is 0.632. The number of carbonyl (C=O) groups excluding carboxylic acids is 1. The molecule has 2 unspecified atom stereocenters. The van der Waals surface area contributed by atoms with Crippen molar-refractivity contribution < 1.29 is 18.7 Å².